The van der Waals surface area contributed by atoms with Crippen LogP contribution in [0.2, 0.25) is 0 Å². The minimum atomic E-state index is -3.20. The predicted octanol–water partition coefficient (Wildman–Crippen LogP) is -0.951. The van der Waals surface area contributed by atoms with Gasteiger partial charge in [0.25, 0.3) is 0 Å². The van der Waals surface area contributed by atoms with Crippen LogP contribution in [0.4, 0.5) is 0 Å². The van der Waals surface area contributed by atoms with Crippen molar-refractivity contribution in [2.75, 3.05) is 45.9 Å². The van der Waals surface area contributed by atoms with Crippen LogP contribution in [0.1, 0.15) is 12.8 Å². The third-order valence-electron chi connectivity index (χ3n) is 3.67. The molecular formula is C11H22N4O3S. The van der Waals surface area contributed by atoms with Crippen molar-refractivity contribution < 1.29 is 13.2 Å². The fourth-order valence-corrected chi connectivity index (χ4v) is 4.45. The van der Waals surface area contributed by atoms with Crippen LogP contribution in [0.15, 0.2) is 0 Å². The van der Waals surface area contributed by atoms with Crippen LogP contribution >= 0.6 is 0 Å². The summed E-state index contributed by atoms with van der Waals surface area (Å²) >= 11 is 0. The lowest BCUT2D eigenvalue weighted by Gasteiger charge is -2.36. The topological polar surface area (TPSA) is 99.7 Å². The molecule has 8 heteroatoms. The molecule has 3 N–H and O–H groups in total. The molecule has 0 aromatic carbocycles. The molecule has 19 heavy (non-hydrogen) atoms. The second kappa shape index (κ2) is 6.17. The lowest BCUT2D eigenvalue weighted by Crippen LogP contribution is -2.53. The molecule has 7 nitrogen and oxygen atoms in total. The number of ether oxygens (including phenoxy) is 1. The van der Waals surface area contributed by atoms with Gasteiger partial charge in [-0.3, -0.25) is 10.3 Å². The van der Waals surface area contributed by atoms with E-state index in [1.54, 1.807) is 4.31 Å². The highest BCUT2D eigenvalue weighted by Crippen LogP contribution is 2.20. The van der Waals surface area contributed by atoms with Gasteiger partial charge in [0.15, 0.2) is 0 Å². The molecule has 0 aromatic rings. The zero-order chi connectivity index (χ0) is 13.9. The quantitative estimate of drug-likeness (QED) is 0.513. The molecule has 0 saturated carbocycles. The molecule has 0 radical (unpaired) electrons. The number of nitrogens with two attached hydrogens (primary N) is 1. The van der Waals surface area contributed by atoms with E-state index >= 15 is 0 Å². The Morgan fingerprint density at radius 3 is 2.32 bits per heavy atom. The van der Waals surface area contributed by atoms with E-state index in [0.717, 1.165) is 0 Å². The number of nitrogens with zero attached hydrogens (tertiary/aromatic N) is 2. The fraction of sp³-hybridized carbons (Fsp3) is 0.909. The van der Waals surface area contributed by atoms with Gasteiger partial charge in [-0.05, 0) is 12.8 Å². The highest BCUT2D eigenvalue weighted by Gasteiger charge is 2.35. The molecule has 0 spiro atoms. The molecule has 2 rings (SSSR count). The van der Waals surface area contributed by atoms with Gasteiger partial charge in [0.1, 0.15) is 5.84 Å². The van der Waals surface area contributed by atoms with Crippen molar-refractivity contribution in [3.05, 3.63) is 0 Å². The van der Waals surface area contributed by atoms with Crippen LogP contribution in [-0.2, 0) is 14.8 Å². The Kier molecular flexibility index (Phi) is 4.77. The zero-order valence-electron chi connectivity index (χ0n) is 11.0. The fourth-order valence-electron chi connectivity index (χ4n) is 2.57. The van der Waals surface area contributed by atoms with Crippen molar-refractivity contribution in [3.63, 3.8) is 0 Å². The lowest BCUT2D eigenvalue weighted by atomic mass is 10.2. The first-order chi connectivity index (χ1) is 9.00. The Balaban J connectivity index is 1.90. The average molecular weight is 290 g/mol. The van der Waals surface area contributed by atoms with Crippen molar-refractivity contribution in [2.24, 2.45) is 5.73 Å². The Labute approximate surface area is 114 Å². The third-order valence-corrected chi connectivity index (χ3v) is 6.07. The molecular weight excluding hydrogens is 268 g/mol. The first-order valence-electron chi connectivity index (χ1n) is 6.62. The second-order valence-electron chi connectivity index (χ2n) is 5.06. The largest absolute Gasteiger partial charge is 0.387 e. The number of rotatable bonds is 4. The van der Waals surface area contributed by atoms with E-state index in [1.807, 2.05) is 4.90 Å². The Morgan fingerprint density at radius 2 is 1.79 bits per heavy atom. The summed E-state index contributed by atoms with van der Waals surface area (Å²) in [5.74, 6) is 0.126. The Bertz CT molecular complexity index is 412. The van der Waals surface area contributed by atoms with E-state index in [1.165, 1.54) is 0 Å². The molecule has 0 unspecified atom stereocenters. The molecule has 0 atom stereocenters. The third kappa shape index (κ3) is 3.65. The molecule has 0 aromatic heterocycles. The smallest absolute Gasteiger partial charge is 0.217 e. The van der Waals surface area contributed by atoms with Gasteiger partial charge in [0.05, 0.1) is 11.8 Å². The van der Waals surface area contributed by atoms with Crippen molar-refractivity contribution in [1.82, 2.24) is 9.21 Å². The number of sulfonamides is 1. The SMILES string of the molecule is N=C(N)CN1CCN(S(=O)(=O)C2CCOCC2)CC1. The summed E-state index contributed by atoms with van der Waals surface area (Å²) in [4.78, 5) is 2.01. The molecule has 2 fully saturated rings. The minimum absolute atomic E-state index is 0.126. The predicted molar refractivity (Wildman–Crippen MR) is 72.7 cm³/mol. The van der Waals surface area contributed by atoms with Crippen molar-refractivity contribution >= 4 is 15.9 Å². The summed E-state index contributed by atoms with van der Waals surface area (Å²) < 4.78 is 31.7. The van der Waals surface area contributed by atoms with E-state index in [4.69, 9.17) is 15.9 Å². The van der Waals surface area contributed by atoms with Gasteiger partial charge in [-0.15, -0.1) is 0 Å². The number of hydrogen-bond donors (Lipinski definition) is 2. The van der Waals surface area contributed by atoms with Gasteiger partial charge in [-0.2, -0.15) is 4.31 Å². The first kappa shape index (κ1) is 14.7. The molecule has 0 amide bonds. The van der Waals surface area contributed by atoms with Crippen molar-refractivity contribution in [2.45, 2.75) is 18.1 Å². The van der Waals surface area contributed by atoms with Gasteiger partial charge in [-0.1, -0.05) is 0 Å². The summed E-state index contributed by atoms with van der Waals surface area (Å²) in [5.41, 5.74) is 5.36. The van der Waals surface area contributed by atoms with Gasteiger partial charge in [0, 0.05) is 39.4 Å². The maximum absolute atomic E-state index is 12.5. The van der Waals surface area contributed by atoms with Gasteiger partial charge < -0.3 is 10.5 Å². The number of hydrogen-bond acceptors (Lipinski definition) is 5. The van der Waals surface area contributed by atoms with Crippen LogP contribution in [-0.4, -0.2) is 74.6 Å². The minimum Gasteiger partial charge on any atom is -0.387 e. The molecule has 2 aliphatic rings. The monoisotopic (exact) mass is 290 g/mol. The van der Waals surface area contributed by atoms with Crippen LogP contribution in [0.25, 0.3) is 0 Å². The molecule has 0 bridgehead atoms. The van der Waals surface area contributed by atoms with Gasteiger partial charge >= 0.3 is 0 Å². The average Bonchev–Trinajstić information content (AvgIpc) is 2.40. The Morgan fingerprint density at radius 1 is 1.21 bits per heavy atom. The van der Waals surface area contributed by atoms with Gasteiger partial charge in [-0.25, -0.2) is 8.42 Å². The van der Waals surface area contributed by atoms with E-state index in [9.17, 15) is 8.42 Å². The molecule has 110 valence electrons. The number of amidine groups is 1. The second-order valence-corrected chi connectivity index (χ2v) is 7.27. The lowest BCUT2D eigenvalue weighted by molar-refractivity contribution is 0.0964. The van der Waals surface area contributed by atoms with Crippen LogP contribution < -0.4 is 5.73 Å². The van der Waals surface area contributed by atoms with E-state index < -0.39 is 10.0 Å². The zero-order valence-corrected chi connectivity index (χ0v) is 11.9. The molecule has 2 heterocycles. The van der Waals surface area contributed by atoms with E-state index in [-0.39, 0.29) is 11.1 Å². The molecule has 0 aliphatic carbocycles. The Hall–Kier alpha value is -0.700. The summed E-state index contributed by atoms with van der Waals surface area (Å²) in [6, 6.07) is 0. The summed E-state index contributed by atoms with van der Waals surface area (Å²) in [5, 5.41) is 6.96. The normalized spacial score (nSPS) is 24.4. The number of piperazine rings is 1. The summed E-state index contributed by atoms with van der Waals surface area (Å²) in [6.45, 7) is 3.76. The van der Waals surface area contributed by atoms with E-state index in [0.29, 0.717) is 58.8 Å². The summed E-state index contributed by atoms with van der Waals surface area (Å²) in [6.07, 6.45) is 1.19. The van der Waals surface area contributed by atoms with Crippen molar-refractivity contribution in [3.8, 4) is 0 Å². The maximum Gasteiger partial charge on any atom is 0.217 e. The standard InChI is InChI=1S/C11H22N4O3S/c12-11(13)9-14-3-5-15(6-4-14)19(16,17)10-1-7-18-8-2-10/h10H,1-9H2,(H3,12,13). The maximum atomic E-state index is 12.5. The number of nitrogens with one attached hydrogen (secondary N) is 1. The molecule has 2 saturated heterocycles. The highest BCUT2D eigenvalue weighted by molar-refractivity contribution is 7.89. The van der Waals surface area contributed by atoms with Crippen molar-refractivity contribution in [1.29, 1.82) is 5.41 Å². The van der Waals surface area contributed by atoms with Crippen LogP contribution in [0, 0.1) is 5.41 Å². The highest BCUT2D eigenvalue weighted by atomic mass is 32.2. The summed E-state index contributed by atoms with van der Waals surface area (Å²) in [7, 11) is -3.20. The van der Waals surface area contributed by atoms with Gasteiger partial charge in [0.2, 0.25) is 10.0 Å². The first-order valence-corrected chi connectivity index (χ1v) is 8.12. The van der Waals surface area contributed by atoms with Crippen LogP contribution in [0.3, 0.4) is 0 Å². The van der Waals surface area contributed by atoms with E-state index in [2.05, 4.69) is 0 Å². The van der Waals surface area contributed by atoms with Crippen LogP contribution in [0.5, 0.6) is 0 Å². The molecule has 2 aliphatic heterocycles.